The Morgan fingerprint density at radius 3 is 2.07 bits per heavy atom. The number of hydrogen-bond acceptors (Lipinski definition) is 5. The largest absolute Gasteiger partial charge is 1.00 e. The average Bonchev–Trinajstić information content (AvgIpc) is 2.03. The normalized spacial score (nSPS) is 10.4. The third-order valence-corrected chi connectivity index (χ3v) is 2.27. The third kappa shape index (κ3) is 3.43. The van der Waals surface area contributed by atoms with Gasteiger partial charge < -0.3 is 14.5 Å². The molecule has 0 N–H and O–H groups in total. The summed E-state index contributed by atoms with van der Waals surface area (Å²) in [6.07, 6.45) is 0. The van der Waals surface area contributed by atoms with Gasteiger partial charge in [-0.05, 0) is 6.07 Å². The fourth-order valence-electron chi connectivity index (χ4n) is 0.853. The maximum Gasteiger partial charge on any atom is 1.00 e. The van der Waals surface area contributed by atoms with Crippen LogP contribution in [-0.2, 0) is 10.1 Å². The second-order valence-electron chi connectivity index (χ2n) is 2.24. The molecule has 1 aromatic rings. The van der Waals surface area contributed by atoms with Crippen molar-refractivity contribution in [3.05, 3.63) is 29.8 Å². The minimum Gasteiger partial charge on any atom is -0.744 e. The van der Waals surface area contributed by atoms with Crippen LogP contribution in [0.4, 0.5) is 0 Å². The van der Waals surface area contributed by atoms with Gasteiger partial charge in [0, 0.05) is 5.56 Å². The van der Waals surface area contributed by atoms with E-state index in [1.54, 1.807) is 0 Å². The molecule has 70 valence electrons. The summed E-state index contributed by atoms with van der Waals surface area (Å²) in [5.74, 6) is -1.69. The van der Waals surface area contributed by atoms with Crippen molar-refractivity contribution in [3.8, 4) is 0 Å². The Morgan fingerprint density at radius 1 is 1.21 bits per heavy atom. The summed E-state index contributed by atoms with van der Waals surface area (Å²) in [5, 5.41) is 10.4. The van der Waals surface area contributed by atoms with Crippen molar-refractivity contribution in [2.24, 2.45) is 0 Å². The zero-order valence-corrected chi connectivity index (χ0v) is 11.2. The molecule has 0 amide bonds. The number of carboxylic acid groups (broad SMARTS) is 1. The predicted molar refractivity (Wildman–Crippen MR) is 38.7 cm³/mol. The van der Waals surface area contributed by atoms with Gasteiger partial charge in [0.25, 0.3) is 0 Å². The molecule has 7 heteroatoms. The van der Waals surface area contributed by atoms with Crippen LogP contribution in [0.5, 0.6) is 0 Å². The smallest absolute Gasteiger partial charge is 0.744 e. The van der Waals surface area contributed by atoms with Crippen LogP contribution in [0, 0.1) is 0 Å². The van der Waals surface area contributed by atoms with Crippen LogP contribution >= 0.6 is 0 Å². The summed E-state index contributed by atoms with van der Waals surface area (Å²) in [6.45, 7) is 0. The van der Waals surface area contributed by atoms with Crippen LogP contribution in [0.25, 0.3) is 0 Å². The molecule has 0 radical (unpaired) electrons. The van der Waals surface area contributed by atoms with Crippen LogP contribution in [0.1, 0.15) is 10.4 Å². The third-order valence-electron chi connectivity index (χ3n) is 1.38. The molecule has 0 heterocycles. The Balaban J connectivity index is 0.00000169. The Morgan fingerprint density at radius 2 is 1.71 bits per heavy atom. The van der Waals surface area contributed by atoms with Crippen LogP contribution in [0.15, 0.2) is 29.2 Å². The van der Waals surface area contributed by atoms with Crippen LogP contribution in [-0.4, -0.2) is 18.9 Å². The molecule has 14 heavy (non-hydrogen) atoms. The molecule has 5 nitrogen and oxygen atoms in total. The van der Waals surface area contributed by atoms with Gasteiger partial charge in [-0.2, -0.15) is 0 Å². The molecule has 0 aromatic heterocycles. The van der Waals surface area contributed by atoms with E-state index >= 15 is 0 Å². The molecular weight excluding hydrogens is 235 g/mol. The zero-order valence-electron chi connectivity index (χ0n) is 7.26. The molecule has 0 aliphatic carbocycles. The number of carbonyl (C=O) groups excluding carboxylic acids is 1. The van der Waals surface area contributed by atoms with Gasteiger partial charge in [-0.25, -0.2) is 8.42 Å². The van der Waals surface area contributed by atoms with E-state index in [0.717, 1.165) is 12.1 Å². The van der Waals surface area contributed by atoms with E-state index in [0.29, 0.717) is 0 Å². The van der Waals surface area contributed by atoms with Crippen molar-refractivity contribution in [3.63, 3.8) is 0 Å². The first-order valence-electron chi connectivity index (χ1n) is 3.19. The van der Waals surface area contributed by atoms with E-state index in [-0.39, 0.29) is 51.4 Å². The summed E-state index contributed by atoms with van der Waals surface area (Å²) < 4.78 is 31.5. The quantitative estimate of drug-likeness (QED) is 0.386. The first kappa shape index (κ1) is 14.2. The van der Waals surface area contributed by atoms with E-state index < -0.39 is 26.5 Å². The Labute approximate surface area is 123 Å². The molecule has 0 saturated heterocycles. The standard InChI is InChI=1S/C7H6O5S.K/c8-7(9)5-3-1-2-4-6(5)13(10,11)12;/h1-4H,(H,8,9)(H,10,11,12);/q;+1/p-2. The summed E-state index contributed by atoms with van der Waals surface area (Å²) in [5.41, 5.74) is -0.613. The number of aromatic carboxylic acids is 1. The van der Waals surface area contributed by atoms with Crippen LogP contribution < -0.4 is 56.5 Å². The van der Waals surface area contributed by atoms with E-state index in [1.807, 2.05) is 0 Å². The molecule has 0 unspecified atom stereocenters. The van der Waals surface area contributed by atoms with Crippen LogP contribution in [0.3, 0.4) is 0 Å². The fourth-order valence-corrected chi connectivity index (χ4v) is 1.52. The maximum atomic E-state index is 10.5. The first-order valence-corrected chi connectivity index (χ1v) is 4.60. The fraction of sp³-hybridized carbons (Fsp3) is 0. The molecular formula is C7H4KO5S-. The summed E-state index contributed by atoms with van der Waals surface area (Å²) in [6, 6.07) is 4.49. The van der Waals surface area contributed by atoms with E-state index in [9.17, 15) is 22.9 Å². The Hall–Kier alpha value is 0.236. The zero-order chi connectivity index (χ0) is 10.1. The summed E-state index contributed by atoms with van der Waals surface area (Å²) in [7, 11) is -4.75. The minimum atomic E-state index is -4.75. The van der Waals surface area contributed by atoms with Gasteiger partial charge in [-0.1, -0.05) is 18.2 Å². The van der Waals surface area contributed by atoms with Gasteiger partial charge in [0.1, 0.15) is 10.1 Å². The monoisotopic (exact) mass is 239 g/mol. The maximum absolute atomic E-state index is 10.5. The number of carbonyl (C=O) groups is 1. The summed E-state index contributed by atoms with van der Waals surface area (Å²) in [4.78, 5) is 9.59. The molecule has 0 fully saturated rings. The van der Waals surface area contributed by atoms with Crippen molar-refractivity contribution in [1.29, 1.82) is 0 Å². The second kappa shape index (κ2) is 5.36. The number of benzene rings is 1. The topological polar surface area (TPSA) is 97.3 Å². The molecule has 0 aliphatic rings. The number of carboxylic acids is 1. The Bertz CT molecular complexity index is 439. The summed E-state index contributed by atoms with van der Waals surface area (Å²) >= 11 is 0. The molecule has 1 rings (SSSR count). The molecule has 0 atom stereocenters. The van der Waals surface area contributed by atoms with Gasteiger partial charge in [-0.3, -0.25) is 0 Å². The van der Waals surface area contributed by atoms with Crippen molar-refractivity contribution < 1.29 is 74.3 Å². The van der Waals surface area contributed by atoms with E-state index in [2.05, 4.69) is 0 Å². The average molecular weight is 239 g/mol. The van der Waals surface area contributed by atoms with Crippen molar-refractivity contribution in [2.75, 3.05) is 0 Å². The van der Waals surface area contributed by atoms with Gasteiger partial charge >= 0.3 is 51.4 Å². The van der Waals surface area contributed by atoms with E-state index in [4.69, 9.17) is 0 Å². The second-order valence-corrected chi connectivity index (χ2v) is 3.59. The van der Waals surface area contributed by atoms with Crippen LogP contribution in [0.2, 0.25) is 0 Å². The van der Waals surface area contributed by atoms with Gasteiger partial charge in [-0.15, -0.1) is 0 Å². The van der Waals surface area contributed by atoms with Gasteiger partial charge in [0.2, 0.25) is 0 Å². The molecule has 0 bridgehead atoms. The SMILES string of the molecule is O=C([O-])c1ccccc1S(=O)(=O)[O-].[K+]. The molecule has 0 spiro atoms. The number of rotatable bonds is 2. The van der Waals surface area contributed by atoms with Gasteiger partial charge in [0.05, 0.1) is 10.9 Å². The first-order chi connectivity index (χ1) is 5.93. The predicted octanol–water partition coefficient (Wildman–Crippen LogP) is -4.04. The van der Waals surface area contributed by atoms with E-state index in [1.165, 1.54) is 12.1 Å². The molecule has 0 aliphatic heterocycles. The van der Waals surface area contributed by atoms with Gasteiger partial charge in [0.15, 0.2) is 0 Å². The Kier molecular flexibility index (Phi) is 5.45. The minimum absolute atomic E-state index is 0. The molecule has 0 saturated carbocycles. The van der Waals surface area contributed by atoms with Crippen molar-refractivity contribution in [2.45, 2.75) is 4.90 Å². The number of hydrogen-bond donors (Lipinski definition) is 0. The molecule has 1 aromatic carbocycles. The van der Waals surface area contributed by atoms with Crippen molar-refractivity contribution >= 4 is 16.1 Å². The van der Waals surface area contributed by atoms with Crippen molar-refractivity contribution in [1.82, 2.24) is 0 Å².